The van der Waals surface area contributed by atoms with Gasteiger partial charge in [0.2, 0.25) is 18.0 Å². The van der Waals surface area contributed by atoms with Crippen molar-refractivity contribution < 1.29 is 23.0 Å². The highest BCUT2D eigenvalue weighted by atomic mass is 35.5. The minimum atomic E-state index is -3.06. The molecule has 0 spiro atoms. The van der Waals surface area contributed by atoms with Gasteiger partial charge in [-0.25, -0.2) is 9.80 Å². The zero-order valence-electron chi connectivity index (χ0n) is 17.8. The number of alkyl halides is 2. The summed E-state index contributed by atoms with van der Waals surface area (Å²) in [6.45, 7) is 0.447. The van der Waals surface area contributed by atoms with Crippen molar-refractivity contribution in [3.05, 3.63) is 64.7 Å². The highest BCUT2D eigenvalue weighted by Gasteiger charge is 2.32. The van der Waals surface area contributed by atoms with E-state index in [0.717, 1.165) is 0 Å². The molecule has 1 atom stereocenters. The van der Waals surface area contributed by atoms with Crippen molar-refractivity contribution in [3.8, 4) is 12.1 Å². The van der Waals surface area contributed by atoms with Gasteiger partial charge in [-0.2, -0.15) is 24.1 Å². The fourth-order valence-corrected chi connectivity index (χ4v) is 3.23. The number of ether oxygens (including phenoxy) is 2. The van der Waals surface area contributed by atoms with Crippen LogP contribution in [0.2, 0.25) is 10.0 Å². The number of pyridine rings is 1. The number of anilines is 1. The van der Waals surface area contributed by atoms with E-state index in [1.807, 2.05) is 0 Å². The van der Waals surface area contributed by atoms with E-state index in [1.165, 1.54) is 29.3 Å². The molecule has 0 saturated heterocycles. The number of aromatic nitrogens is 1. The van der Waals surface area contributed by atoms with Crippen LogP contribution in [-0.2, 0) is 4.74 Å². The molecule has 2 aromatic rings. The Morgan fingerprint density at radius 2 is 2.17 bits per heavy atom. The molecule has 3 rings (SSSR count). The van der Waals surface area contributed by atoms with Crippen molar-refractivity contribution >= 4 is 46.8 Å². The van der Waals surface area contributed by atoms with Gasteiger partial charge in [-0.15, -0.1) is 4.99 Å². The first-order valence-electron chi connectivity index (χ1n) is 9.82. The van der Waals surface area contributed by atoms with Gasteiger partial charge in [0.1, 0.15) is 12.4 Å². The van der Waals surface area contributed by atoms with Crippen molar-refractivity contribution in [2.45, 2.75) is 12.7 Å². The van der Waals surface area contributed by atoms with Crippen LogP contribution in [0.4, 0.5) is 19.4 Å². The molecule has 0 fully saturated rings. The first-order chi connectivity index (χ1) is 16.8. The SMILES string of the molecule is C=CCOC(=O)N[C@@H]1CN(/C(=N\C#N)Nc2cccc(OC(F)F)n2)N=C1c1ccc(Cl)c(Cl)c1. The molecule has 2 N–H and O–H groups in total. The lowest BCUT2D eigenvalue weighted by atomic mass is 10.0. The standard InChI is InChI=1S/C21H17Cl2F2N7O3/c1-2-8-34-21(33)28-15-10-32(31-18(15)12-6-7-13(22)14(23)9-12)20(27-11-26)30-16-4-3-5-17(29-16)35-19(24)25/h2-7,9,15,19H,1,8,10H2,(H,28,33)(H,27,29,30)/t15-/m1/s1. The topological polar surface area (TPSA) is 124 Å². The molecular formula is C21H17Cl2F2N7O3. The molecule has 182 valence electrons. The molecule has 2 heterocycles. The third-order valence-corrected chi connectivity index (χ3v) is 5.07. The van der Waals surface area contributed by atoms with Crippen LogP contribution in [0.25, 0.3) is 0 Å². The molecule has 0 bridgehead atoms. The van der Waals surface area contributed by atoms with Gasteiger partial charge in [0, 0.05) is 11.6 Å². The second-order valence-electron chi connectivity index (χ2n) is 6.68. The summed E-state index contributed by atoms with van der Waals surface area (Å²) < 4.78 is 34.3. The minimum Gasteiger partial charge on any atom is -0.445 e. The number of halogens is 4. The zero-order chi connectivity index (χ0) is 25.4. The Bertz CT molecular complexity index is 1200. The van der Waals surface area contributed by atoms with Crippen LogP contribution in [0, 0.1) is 11.5 Å². The molecule has 10 nitrogen and oxygen atoms in total. The van der Waals surface area contributed by atoms with Gasteiger partial charge in [-0.05, 0) is 18.2 Å². The van der Waals surface area contributed by atoms with E-state index >= 15 is 0 Å². The third-order valence-electron chi connectivity index (χ3n) is 4.33. The predicted octanol–water partition coefficient (Wildman–Crippen LogP) is 4.24. The lowest BCUT2D eigenvalue weighted by Gasteiger charge is -2.18. The molecule has 1 aromatic carbocycles. The second kappa shape index (κ2) is 12.0. The molecule has 1 aromatic heterocycles. The van der Waals surface area contributed by atoms with Gasteiger partial charge < -0.3 is 20.1 Å². The molecule has 0 saturated carbocycles. The van der Waals surface area contributed by atoms with Crippen molar-refractivity contribution in [2.24, 2.45) is 10.1 Å². The van der Waals surface area contributed by atoms with Crippen LogP contribution in [-0.4, -0.2) is 53.6 Å². The lowest BCUT2D eigenvalue weighted by Crippen LogP contribution is -2.44. The largest absolute Gasteiger partial charge is 0.445 e. The fraction of sp³-hybridized carbons (Fsp3) is 0.190. The summed E-state index contributed by atoms with van der Waals surface area (Å²) in [6, 6.07) is 8.19. The predicted molar refractivity (Wildman–Crippen MR) is 126 cm³/mol. The number of alkyl carbamates (subject to hydrolysis) is 1. The average molecular weight is 524 g/mol. The first-order valence-corrected chi connectivity index (χ1v) is 10.6. The van der Waals surface area contributed by atoms with Crippen molar-refractivity contribution in [1.82, 2.24) is 15.3 Å². The fourth-order valence-electron chi connectivity index (χ4n) is 2.93. The highest BCUT2D eigenvalue weighted by Crippen LogP contribution is 2.25. The van der Waals surface area contributed by atoms with E-state index in [1.54, 1.807) is 24.4 Å². The Hall–Kier alpha value is -3.95. The number of carbonyl (C=O) groups excluding carboxylic acids is 1. The number of nitriles is 1. The van der Waals surface area contributed by atoms with E-state index in [4.69, 9.17) is 27.9 Å². The summed E-state index contributed by atoms with van der Waals surface area (Å²) in [5.74, 6) is -0.368. The maximum absolute atomic E-state index is 12.5. The van der Waals surface area contributed by atoms with Gasteiger partial charge in [-0.1, -0.05) is 48.0 Å². The number of amides is 1. The highest BCUT2D eigenvalue weighted by molar-refractivity contribution is 6.42. The minimum absolute atomic E-state index is 0.00703. The number of hydrogen-bond acceptors (Lipinski definition) is 7. The number of benzene rings is 1. The number of rotatable bonds is 7. The van der Waals surface area contributed by atoms with Crippen molar-refractivity contribution in [1.29, 1.82) is 5.26 Å². The Morgan fingerprint density at radius 3 is 2.86 bits per heavy atom. The smallest absolute Gasteiger partial charge is 0.408 e. The Morgan fingerprint density at radius 1 is 1.37 bits per heavy atom. The third kappa shape index (κ3) is 7.02. The van der Waals surface area contributed by atoms with E-state index < -0.39 is 18.7 Å². The normalized spacial score (nSPS) is 15.3. The Labute approximate surface area is 208 Å². The maximum atomic E-state index is 12.5. The molecule has 1 aliphatic rings. The Kier molecular flexibility index (Phi) is 8.77. The van der Waals surface area contributed by atoms with Gasteiger partial charge in [0.15, 0.2) is 0 Å². The number of nitrogens with zero attached hydrogens (tertiary/aromatic N) is 5. The van der Waals surface area contributed by atoms with Crippen molar-refractivity contribution in [2.75, 3.05) is 18.5 Å². The monoisotopic (exact) mass is 523 g/mol. The number of aliphatic imine (C=N–C) groups is 1. The quantitative estimate of drug-likeness (QED) is 0.240. The number of hydrogen-bond donors (Lipinski definition) is 2. The Balaban J connectivity index is 1.90. The number of hydrazone groups is 1. The van der Waals surface area contributed by atoms with E-state index in [-0.39, 0.29) is 35.8 Å². The number of nitrogens with one attached hydrogen (secondary N) is 2. The molecule has 0 aliphatic carbocycles. The van der Waals surface area contributed by atoms with E-state index in [2.05, 4.69) is 37.0 Å². The molecule has 1 amide bonds. The van der Waals surface area contributed by atoms with Crippen LogP contribution in [0.1, 0.15) is 5.56 Å². The van der Waals surface area contributed by atoms with Crippen LogP contribution in [0.15, 0.2) is 59.1 Å². The van der Waals surface area contributed by atoms with Crippen LogP contribution in [0.5, 0.6) is 5.88 Å². The first kappa shape index (κ1) is 25.7. The number of carbonyl (C=O) groups is 1. The maximum Gasteiger partial charge on any atom is 0.408 e. The lowest BCUT2D eigenvalue weighted by molar-refractivity contribution is -0.0527. The van der Waals surface area contributed by atoms with Crippen LogP contribution >= 0.6 is 23.2 Å². The molecular weight excluding hydrogens is 507 g/mol. The van der Waals surface area contributed by atoms with E-state index in [0.29, 0.717) is 16.3 Å². The summed E-state index contributed by atoms with van der Waals surface area (Å²) in [4.78, 5) is 19.8. The molecule has 14 heteroatoms. The summed E-state index contributed by atoms with van der Waals surface area (Å²) in [5, 5.41) is 20.9. The van der Waals surface area contributed by atoms with Crippen LogP contribution < -0.4 is 15.4 Å². The summed E-state index contributed by atoms with van der Waals surface area (Å²) in [7, 11) is 0. The van der Waals surface area contributed by atoms with Gasteiger partial charge in [-0.3, -0.25) is 0 Å². The molecule has 0 unspecified atom stereocenters. The second-order valence-corrected chi connectivity index (χ2v) is 7.49. The van der Waals surface area contributed by atoms with Gasteiger partial charge >= 0.3 is 12.7 Å². The average Bonchev–Trinajstić information content (AvgIpc) is 3.22. The van der Waals surface area contributed by atoms with Crippen LogP contribution in [0.3, 0.4) is 0 Å². The molecule has 1 aliphatic heterocycles. The van der Waals surface area contributed by atoms with E-state index in [9.17, 15) is 18.8 Å². The zero-order valence-corrected chi connectivity index (χ0v) is 19.3. The van der Waals surface area contributed by atoms with Crippen molar-refractivity contribution in [3.63, 3.8) is 0 Å². The summed E-state index contributed by atoms with van der Waals surface area (Å²) in [6.07, 6.45) is 2.32. The molecule has 35 heavy (non-hydrogen) atoms. The summed E-state index contributed by atoms with van der Waals surface area (Å²) in [5.41, 5.74) is 0.909. The van der Waals surface area contributed by atoms with Gasteiger partial charge in [0.25, 0.3) is 0 Å². The number of guanidine groups is 1. The summed E-state index contributed by atoms with van der Waals surface area (Å²) >= 11 is 12.2. The van der Waals surface area contributed by atoms with Gasteiger partial charge in [0.05, 0.1) is 28.3 Å². The molecule has 0 radical (unpaired) electrons.